The summed E-state index contributed by atoms with van der Waals surface area (Å²) in [6, 6.07) is 0. The zero-order valence-corrected chi connectivity index (χ0v) is 10.5. The first-order valence-electron chi connectivity index (χ1n) is 6.31. The van der Waals surface area contributed by atoms with Gasteiger partial charge in [-0.3, -0.25) is 4.79 Å². The third kappa shape index (κ3) is 1.66. The van der Waals surface area contributed by atoms with E-state index in [0.717, 1.165) is 25.7 Å². The number of carbonyl (C=O) groups excluding carboxylic acids is 1. The molecule has 0 unspecified atom stereocenters. The van der Waals surface area contributed by atoms with Crippen LogP contribution in [-0.2, 0) is 4.79 Å². The number of Topliss-reactive ketones (excluding diaryl/α,β-unsaturated/α-hetero) is 1. The maximum atomic E-state index is 12.1. The third-order valence-corrected chi connectivity index (χ3v) is 4.80. The maximum absolute atomic E-state index is 12.1. The van der Waals surface area contributed by atoms with E-state index in [-0.39, 0.29) is 5.41 Å². The van der Waals surface area contributed by atoms with E-state index in [9.17, 15) is 4.79 Å². The highest BCUT2D eigenvalue weighted by molar-refractivity contribution is 5.86. The first kappa shape index (κ1) is 11.6. The largest absolute Gasteiger partial charge is 0.299 e. The van der Waals surface area contributed by atoms with Crippen molar-refractivity contribution < 1.29 is 4.79 Å². The second kappa shape index (κ2) is 3.87. The van der Waals surface area contributed by atoms with Gasteiger partial charge < -0.3 is 0 Å². The van der Waals surface area contributed by atoms with Crippen LogP contribution in [0.1, 0.15) is 46.0 Å². The summed E-state index contributed by atoms with van der Waals surface area (Å²) in [5, 5.41) is 0. The molecule has 0 N–H and O–H groups in total. The van der Waals surface area contributed by atoms with Gasteiger partial charge in [0.2, 0.25) is 0 Å². The van der Waals surface area contributed by atoms with Gasteiger partial charge in [0.25, 0.3) is 0 Å². The molecule has 0 bridgehead atoms. The lowest BCUT2D eigenvalue weighted by atomic mass is 9.56. The molecule has 0 aromatic rings. The minimum atomic E-state index is -0.110. The van der Waals surface area contributed by atoms with E-state index < -0.39 is 0 Å². The second-order valence-corrected chi connectivity index (χ2v) is 5.87. The highest BCUT2D eigenvalue weighted by Gasteiger charge is 2.48. The summed E-state index contributed by atoms with van der Waals surface area (Å²) in [6.45, 7) is 12.5. The fourth-order valence-corrected chi connectivity index (χ4v) is 3.44. The summed E-state index contributed by atoms with van der Waals surface area (Å²) in [5.74, 6) is 1.47. The normalized spacial score (nSPS) is 39.4. The van der Waals surface area contributed by atoms with Crippen LogP contribution in [0.2, 0.25) is 0 Å². The molecular formula is C15H22O. The molecule has 3 atom stereocenters. The standard InChI is InChI=1S/C15H22O/c1-10(2)12-7-8-15(4)13(9-12)11(3)5-6-14(15)16/h12-13H,1,3,5-9H2,2,4H3/t12-,13+,15+/m1/s1. The number of hydrogen-bond acceptors (Lipinski definition) is 1. The van der Waals surface area contributed by atoms with Crippen molar-refractivity contribution in [1.29, 1.82) is 0 Å². The van der Waals surface area contributed by atoms with Gasteiger partial charge in [-0.25, -0.2) is 0 Å². The molecule has 0 amide bonds. The van der Waals surface area contributed by atoms with Gasteiger partial charge in [-0.2, -0.15) is 0 Å². The van der Waals surface area contributed by atoms with Crippen molar-refractivity contribution in [1.82, 2.24) is 0 Å². The molecule has 0 spiro atoms. The Morgan fingerprint density at radius 3 is 2.75 bits per heavy atom. The van der Waals surface area contributed by atoms with Crippen molar-refractivity contribution in [3.63, 3.8) is 0 Å². The van der Waals surface area contributed by atoms with Crippen LogP contribution < -0.4 is 0 Å². The van der Waals surface area contributed by atoms with Crippen LogP contribution in [0.15, 0.2) is 24.3 Å². The topological polar surface area (TPSA) is 17.1 Å². The molecule has 2 rings (SSSR count). The lowest BCUT2D eigenvalue weighted by Crippen LogP contribution is -2.44. The zero-order chi connectivity index (χ0) is 11.9. The number of rotatable bonds is 1. The zero-order valence-electron chi connectivity index (χ0n) is 10.5. The average Bonchev–Trinajstić information content (AvgIpc) is 2.24. The summed E-state index contributed by atoms with van der Waals surface area (Å²) in [5.41, 5.74) is 2.46. The van der Waals surface area contributed by atoms with E-state index in [2.05, 4.69) is 27.0 Å². The Hall–Kier alpha value is -0.850. The Balaban J connectivity index is 2.25. The van der Waals surface area contributed by atoms with E-state index >= 15 is 0 Å². The molecular weight excluding hydrogens is 196 g/mol. The SMILES string of the molecule is C=C(C)[C@@H]1CC[C@]2(C)C(=O)CCC(=C)[C@@H]2C1. The summed E-state index contributed by atoms with van der Waals surface area (Å²) >= 11 is 0. The molecule has 88 valence electrons. The number of hydrogen-bond donors (Lipinski definition) is 0. The fourth-order valence-electron chi connectivity index (χ4n) is 3.44. The number of allylic oxidation sites excluding steroid dienone is 2. The van der Waals surface area contributed by atoms with E-state index in [1.165, 1.54) is 11.1 Å². The van der Waals surface area contributed by atoms with Gasteiger partial charge in [0.05, 0.1) is 0 Å². The molecule has 0 aromatic carbocycles. The van der Waals surface area contributed by atoms with Crippen LogP contribution in [0.25, 0.3) is 0 Å². The summed E-state index contributed by atoms with van der Waals surface area (Å²) in [7, 11) is 0. The number of carbonyl (C=O) groups is 1. The molecule has 0 saturated heterocycles. The van der Waals surface area contributed by atoms with E-state index in [4.69, 9.17) is 0 Å². The molecule has 2 aliphatic rings. The van der Waals surface area contributed by atoms with Crippen LogP contribution in [-0.4, -0.2) is 5.78 Å². The summed E-state index contributed by atoms with van der Waals surface area (Å²) < 4.78 is 0. The van der Waals surface area contributed by atoms with Crippen LogP contribution in [0, 0.1) is 17.3 Å². The Morgan fingerprint density at radius 2 is 2.12 bits per heavy atom. The van der Waals surface area contributed by atoms with Crippen molar-refractivity contribution in [3.8, 4) is 0 Å². The molecule has 1 heteroatoms. The molecule has 2 saturated carbocycles. The van der Waals surface area contributed by atoms with Crippen LogP contribution in [0.4, 0.5) is 0 Å². The first-order chi connectivity index (χ1) is 7.45. The highest BCUT2D eigenvalue weighted by Crippen LogP contribution is 2.52. The smallest absolute Gasteiger partial charge is 0.139 e. The van der Waals surface area contributed by atoms with Crippen molar-refractivity contribution in [3.05, 3.63) is 24.3 Å². The predicted molar refractivity (Wildman–Crippen MR) is 67.1 cm³/mol. The van der Waals surface area contributed by atoms with Crippen molar-refractivity contribution >= 4 is 5.78 Å². The third-order valence-electron chi connectivity index (χ3n) is 4.80. The molecule has 0 heterocycles. The van der Waals surface area contributed by atoms with Crippen molar-refractivity contribution in [2.45, 2.75) is 46.0 Å². The molecule has 0 aliphatic heterocycles. The highest BCUT2D eigenvalue weighted by atomic mass is 16.1. The molecule has 0 aromatic heterocycles. The van der Waals surface area contributed by atoms with E-state index in [0.29, 0.717) is 24.0 Å². The van der Waals surface area contributed by atoms with Crippen LogP contribution >= 0.6 is 0 Å². The molecule has 0 radical (unpaired) electrons. The van der Waals surface area contributed by atoms with Gasteiger partial charge in [-0.05, 0) is 44.4 Å². The van der Waals surface area contributed by atoms with Gasteiger partial charge in [0.15, 0.2) is 0 Å². The number of ketones is 1. The van der Waals surface area contributed by atoms with Crippen LogP contribution in [0.5, 0.6) is 0 Å². The minimum absolute atomic E-state index is 0.110. The second-order valence-electron chi connectivity index (χ2n) is 5.87. The lowest BCUT2D eigenvalue weighted by molar-refractivity contribution is -0.134. The quantitative estimate of drug-likeness (QED) is 0.610. The van der Waals surface area contributed by atoms with E-state index in [1.807, 2.05) is 0 Å². The Labute approximate surface area is 98.6 Å². The van der Waals surface area contributed by atoms with Gasteiger partial charge >= 0.3 is 0 Å². The fraction of sp³-hybridized carbons (Fsp3) is 0.667. The predicted octanol–water partition coefficient (Wildman–Crippen LogP) is 3.90. The summed E-state index contributed by atoms with van der Waals surface area (Å²) in [4.78, 5) is 12.1. The average molecular weight is 218 g/mol. The molecule has 16 heavy (non-hydrogen) atoms. The van der Waals surface area contributed by atoms with Gasteiger partial charge in [0.1, 0.15) is 5.78 Å². The van der Waals surface area contributed by atoms with E-state index in [1.54, 1.807) is 0 Å². The first-order valence-corrected chi connectivity index (χ1v) is 6.31. The van der Waals surface area contributed by atoms with Gasteiger partial charge in [-0.1, -0.05) is 31.2 Å². The summed E-state index contributed by atoms with van der Waals surface area (Å²) in [6.07, 6.45) is 4.86. The molecule has 2 aliphatic carbocycles. The monoisotopic (exact) mass is 218 g/mol. The minimum Gasteiger partial charge on any atom is -0.299 e. The van der Waals surface area contributed by atoms with Crippen LogP contribution in [0.3, 0.4) is 0 Å². The molecule has 1 nitrogen and oxygen atoms in total. The number of fused-ring (bicyclic) bond motifs is 1. The Kier molecular flexibility index (Phi) is 2.81. The lowest BCUT2D eigenvalue weighted by Gasteiger charge is -2.47. The van der Waals surface area contributed by atoms with Gasteiger partial charge in [-0.15, -0.1) is 0 Å². The molecule has 2 fully saturated rings. The van der Waals surface area contributed by atoms with Crippen molar-refractivity contribution in [2.75, 3.05) is 0 Å². The van der Waals surface area contributed by atoms with Gasteiger partial charge in [0, 0.05) is 11.8 Å². The Morgan fingerprint density at radius 1 is 1.44 bits per heavy atom. The van der Waals surface area contributed by atoms with Crippen molar-refractivity contribution in [2.24, 2.45) is 17.3 Å². The maximum Gasteiger partial charge on any atom is 0.139 e. The Bertz CT molecular complexity index is 352.